The van der Waals surface area contributed by atoms with Gasteiger partial charge in [-0.05, 0) is 38.5 Å². The lowest BCUT2D eigenvalue weighted by atomic mass is 10.1. The average molecular weight is 456 g/mol. The number of esters is 1. The first-order chi connectivity index (χ1) is 15.1. The van der Waals surface area contributed by atoms with E-state index in [0.717, 1.165) is 77.0 Å². The number of likely N-dealkylation sites (N-methyl/N-ethyl adjacent to an activating group) is 1. The number of unbranched alkanes of at least 4 members (excludes halogenated alkanes) is 10. The van der Waals surface area contributed by atoms with E-state index in [1.165, 1.54) is 0 Å². The van der Waals surface area contributed by atoms with E-state index in [9.17, 15) is 19.5 Å². The number of carboxylic acids is 2. The Hall–Kier alpha value is -1.89. The van der Waals surface area contributed by atoms with E-state index in [4.69, 9.17) is 9.84 Å². The van der Waals surface area contributed by atoms with E-state index in [1.54, 1.807) is 0 Å². The largest absolute Gasteiger partial charge is 0.550 e. The van der Waals surface area contributed by atoms with Crippen LogP contribution in [0.4, 0.5) is 0 Å². The molecule has 0 aromatic carbocycles. The fourth-order valence-electron chi connectivity index (χ4n) is 3.55. The van der Waals surface area contributed by atoms with Crippen molar-refractivity contribution in [3.63, 3.8) is 0 Å². The molecule has 0 radical (unpaired) electrons. The van der Waals surface area contributed by atoms with Crippen molar-refractivity contribution in [2.45, 2.75) is 102 Å². The van der Waals surface area contributed by atoms with Crippen molar-refractivity contribution in [3.8, 4) is 0 Å². The maximum absolute atomic E-state index is 12.0. The van der Waals surface area contributed by atoms with E-state index < -0.39 is 18.0 Å². The van der Waals surface area contributed by atoms with Crippen LogP contribution in [0.25, 0.3) is 0 Å². The number of quaternary nitrogens is 1. The van der Waals surface area contributed by atoms with Crippen molar-refractivity contribution in [1.82, 2.24) is 0 Å². The van der Waals surface area contributed by atoms with Gasteiger partial charge in [0.15, 0.2) is 6.10 Å². The molecule has 32 heavy (non-hydrogen) atoms. The minimum absolute atomic E-state index is 0.262. The number of nitrogens with zero attached hydrogens (tertiary/aromatic N) is 1. The summed E-state index contributed by atoms with van der Waals surface area (Å²) < 4.78 is 5.88. The van der Waals surface area contributed by atoms with Crippen molar-refractivity contribution >= 4 is 17.9 Å². The van der Waals surface area contributed by atoms with Crippen molar-refractivity contribution in [2.75, 3.05) is 27.7 Å². The van der Waals surface area contributed by atoms with Gasteiger partial charge in [0, 0.05) is 25.2 Å². The molecule has 0 amide bonds. The van der Waals surface area contributed by atoms with Gasteiger partial charge in [-0.15, -0.1) is 0 Å². The highest BCUT2D eigenvalue weighted by Crippen LogP contribution is 2.12. The van der Waals surface area contributed by atoms with E-state index in [2.05, 4.69) is 12.2 Å². The predicted molar refractivity (Wildman–Crippen MR) is 124 cm³/mol. The summed E-state index contributed by atoms with van der Waals surface area (Å²) in [5.41, 5.74) is 0. The molecule has 0 saturated carbocycles. The molecular formula is C25H45NO6. The van der Waals surface area contributed by atoms with Gasteiger partial charge in [-0.3, -0.25) is 9.59 Å². The summed E-state index contributed by atoms with van der Waals surface area (Å²) in [6.07, 6.45) is 16.7. The zero-order valence-corrected chi connectivity index (χ0v) is 20.5. The number of carbonyl (C=O) groups is 3. The van der Waals surface area contributed by atoms with Gasteiger partial charge < -0.3 is 24.2 Å². The van der Waals surface area contributed by atoms with Gasteiger partial charge in [0.1, 0.15) is 6.54 Å². The van der Waals surface area contributed by atoms with Crippen LogP contribution in [0.15, 0.2) is 12.2 Å². The zero-order chi connectivity index (χ0) is 24.2. The molecule has 0 fully saturated rings. The van der Waals surface area contributed by atoms with Crippen LogP contribution in [0.2, 0.25) is 0 Å². The van der Waals surface area contributed by atoms with Crippen LogP contribution in [-0.2, 0) is 19.1 Å². The van der Waals surface area contributed by atoms with Crippen molar-refractivity contribution in [1.29, 1.82) is 0 Å². The molecule has 0 spiro atoms. The first-order valence-electron chi connectivity index (χ1n) is 12.2. The third-order valence-electron chi connectivity index (χ3n) is 5.12. The number of carboxylic acid groups (broad SMARTS) is 2. The predicted octanol–water partition coefficient (Wildman–Crippen LogP) is 3.85. The van der Waals surface area contributed by atoms with Crippen molar-refractivity contribution < 1.29 is 33.8 Å². The molecule has 0 aromatic rings. The first-order valence-corrected chi connectivity index (χ1v) is 12.2. The van der Waals surface area contributed by atoms with Crippen LogP contribution in [0.1, 0.15) is 96.3 Å². The van der Waals surface area contributed by atoms with Gasteiger partial charge in [0.05, 0.1) is 21.1 Å². The van der Waals surface area contributed by atoms with Crippen molar-refractivity contribution in [3.05, 3.63) is 12.2 Å². The van der Waals surface area contributed by atoms with Crippen LogP contribution < -0.4 is 5.11 Å². The molecule has 0 rings (SSSR count). The fourth-order valence-corrected chi connectivity index (χ4v) is 3.55. The van der Waals surface area contributed by atoms with Crippen LogP contribution in [0.3, 0.4) is 0 Å². The highest BCUT2D eigenvalue weighted by Gasteiger charge is 2.22. The minimum atomic E-state index is -1.20. The lowest BCUT2D eigenvalue weighted by Crippen LogP contribution is -2.45. The van der Waals surface area contributed by atoms with Gasteiger partial charge in [-0.1, -0.05) is 50.7 Å². The van der Waals surface area contributed by atoms with Gasteiger partial charge in [-0.2, -0.15) is 0 Å². The molecule has 0 bridgehead atoms. The number of aliphatic carboxylic acids is 2. The molecule has 0 aliphatic carbocycles. The van der Waals surface area contributed by atoms with E-state index in [-0.39, 0.29) is 18.8 Å². The van der Waals surface area contributed by atoms with E-state index >= 15 is 0 Å². The van der Waals surface area contributed by atoms with Crippen LogP contribution in [0, 0.1) is 0 Å². The summed E-state index contributed by atoms with van der Waals surface area (Å²) in [6, 6.07) is 0. The number of hydrogen-bond donors (Lipinski definition) is 1. The van der Waals surface area contributed by atoms with Gasteiger partial charge >= 0.3 is 11.9 Å². The number of hydrogen-bond acceptors (Lipinski definition) is 5. The minimum Gasteiger partial charge on any atom is -0.550 e. The molecule has 7 heteroatoms. The Kier molecular flexibility index (Phi) is 17.6. The lowest BCUT2D eigenvalue weighted by molar-refractivity contribution is -0.873. The first kappa shape index (κ1) is 30.1. The third-order valence-corrected chi connectivity index (χ3v) is 5.12. The Morgan fingerprint density at radius 1 is 0.812 bits per heavy atom. The molecule has 0 aliphatic heterocycles. The second kappa shape index (κ2) is 18.7. The van der Waals surface area contributed by atoms with Gasteiger partial charge in [0.2, 0.25) is 0 Å². The summed E-state index contributed by atoms with van der Waals surface area (Å²) in [6.45, 7) is 0.444. The maximum Gasteiger partial charge on any atom is 0.306 e. The third kappa shape index (κ3) is 22.8. The Morgan fingerprint density at radius 2 is 1.28 bits per heavy atom. The number of rotatable bonds is 21. The summed E-state index contributed by atoms with van der Waals surface area (Å²) >= 11 is 0. The topological polar surface area (TPSA) is 104 Å². The van der Waals surface area contributed by atoms with Gasteiger partial charge in [-0.25, -0.2) is 0 Å². The lowest BCUT2D eigenvalue weighted by Gasteiger charge is -2.29. The standard InChI is InChI=1S/C25H45NO6/c1-26(2,3)21-22(20-24(29)30)32-25(31)19-17-15-13-11-9-7-5-4-6-8-10-12-14-16-18-23(27)28/h4-5,22H,6-21H2,1-3H3,(H-,27,28,29,30)/b5-4+. The second-order valence-electron chi connectivity index (χ2n) is 9.64. The van der Waals surface area contributed by atoms with Crippen LogP contribution >= 0.6 is 0 Å². The van der Waals surface area contributed by atoms with E-state index in [1.807, 2.05) is 21.1 Å². The quantitative estimate of drug-likeness (QED) is 0.122. The number of carbonyl (C=O) groups excluding carboxylic acids is 2. The smallest absolute Gasteiger partial charge is 0.306 e. The zero-order valence-electron chi connectivity index (χ0n) is 20.5. The Labute approximate surface area is 194 Å². The molecule has 0 heterocycles. The molecule has 1 atom stereocenters. The van der Waals surface area contributed by atoms with Crippen LogP contribution in [-0.4, -0.2) is 61.3 Å². The number of ether oxygens (including phenoxy) is 1. The molecule has 7 nitrogen and oxygen atoms in total. The fraction of sp³-hybridized carbons (Fsp3) is 0.800. The summed E-state index contributed by atoms with van der Waals surface area (Å²) in [4.78, 5) is 33.3. The Balaban J connectivity index is 3.62. The molecule has 0 aromatic heterocycles. The second-order valence-corrected chi connectivity index (χ2v) is 9.64. The maximum atomic E-state index is 12.0. The average Bonchev–Trinajstić information content (AvgIpc) is 2.65. The monoisotopic (exact) mass is 455 g/mol. The SMILES string of the molecule is C[N+](C)(C)CC(CC(=O)[O-])OC(=O)CCCCCCC/C=C/CCCCCCCC(=O)O. The molecular weight excluding hydrogens is 410 g/mol. The summed E-state index contributed by atoms with van der Waals surface area (Å²) in [5.74, 6) is -2.22. The molecule has 0 saturated heterocycles. The van der Waals surface area contributed by atoms with Gasteiger partial charge in [0.25, 0.3) is 0 Å². The van der Waals surface area contributed by atoms with Crippen molar-refractivity contribution in [2.24, 2.45) is 0 Å². The van der Waals surface area contributed by atoms with E-state index in [0.29, 0.717) is 17.4 Å². The van der Waals surface area contributed by atoms with Crippen LogP contribution in [0.5, 0.6) is 0 Å². The molecule has 1 unspecified atom stereocenters. The summed E-state index contributed by atoms with van der Waals surface area (Å²) in [5, 5.41) is 19.4. The highest BCUT2D eigenvalue weighted by atomic mass is 16.5. The Morgan fingerprint density at radius 3 is 1.75 bits per heavy atom. The summed E-state index contributed by atoms with van der Waals surface area (Å²) in [7, 11) is 5.79. The molecule has 1 N–H and O–H groups in total. The highest BCUT2D eigenvalue weighted by molar-refractivity contribution is 5.70. The Bertz CT molecular complexity index is 553. The molecule has 0 aliphatic rings. The normalized spacial score (nSPS) is 12.7. The molecule has 186 valence electrons. The number of allylic oxidation sites excluding steroid dienone is 2.